The van der Waals surface area contributed by atoms with Crippen LogP contribution in [-0.4, -0.2) is 26.8 Å². The fourth-order valence-corrected chi connectivity index (χ4v) is 1.07. The summed E-state index contributed by atoms with van der Waals surface area (Å²) in [7, 11) is 0. The van der Waals surface area contributed by atoms with Crippen molar-refractivity contribution in [2.75, 3.05) is 0 Å². The Hall–Kier alpha value is -0.190. The second kappa shape index (κ2) is 6.40. The molecule has 0 aliphatic carbocycles. The van der Waals surface area contributed by atoms with E-state index in [0.29, 0.717) is 12.8 Å². The molecule has 4 nitrogen and oxygen atoms in total. The summed E-state index contributed by atoms with van der Waals surface area (Å²) in [5.41, 5.74) is 0. The van der Waals surface area contributed by atoms with Crippen molar-refractivity contribution < 1.29 is 14.7 Å². The van der Waals surface area contributed by atoms with Crippen LogP contribution >= 0.6 is 34.8 Å². The van der Waals surface area contributed by atoms with Crippen LogP contribution in [0.2, 0.25) is 0 Å². The van der Waals surface area contributed by atoms with Crippen molar-refractivity contribution in [1.29, 1.82) is 0 Å². The zero-order valence-corrected chi connectivity index (χ0v) is 10.4. The molecule has 0 aromatic heterocycles. The molecular weight excluding hydrogens is 264 g/mol. The van der Waals surface area contributed by atoms with Crippen molar-refractivity contribution in [3.63, 3.8) is 0 Å². The van der Waals surface area contributed by atoms with Crippen molar-refractivity contribution in [2.45, 2.75) is 36.0 Å². The normalized spacial score (nSPS) is 13.3. The van der Waals surface area contributed by atoms with E-state index in [1.54, 1.807) is 0 Å². The minimum absolute atomic E-state index is 0.318. The van der Waals surface area contributed by atoms with E-state index in [1.807, 2.05) is 6.92 Å². The van der Waals surface area contributed by atoms with Crippen LogP contribution in [-0.2, 0) is 9.59 Å². The lowest BCUT2D eigenvalue weighted by atomic mass is 10.1. The number of carbonyl (C=O) groups excluding carboxylic acids is 1. The molecule has 88 valence electrons. The van der Waals surface area contributed by atoms with Gasteiger partial charge in [0.25, 0.3) is 9.70 Å². The highest BCUT2D eigenvalue weighted by Gasteiger charge is 2.33. The topological polar surface area (TPSA) is 66.4 Å². The Morgan fingerprint density at radius 2 is 1.93 bits per heavy atom. The van der Waals surface area contributed by atoms with E-state index in [-0.39, 0.29) is 0 Å². The number of halogens is 3. The summed E-state index contributed by atoms with van der Waals surface area (Å²) < 4.78 is -2.13. The summed E-state index contributed by atoms with van der Waals surface area (Å²) in [5, 5.41) is 10.9. The molecule has 0 spiro atoms. The number of aliphatic carboxylic acids is 1. The van der Waals surface area contributed by atoms with Gasteiger partial charge >= 0.3 is 5.97 Å². The van der Waals surface area contributed by atoms with Gasteiger partial charge in [-0.3, -0.25) is 4.79 Å². The molecule has 15 heavy (non-hydrogen) atoms. The van der Waals surface area contributed by atoms with Gasteiger partial charge in [0.2, 0.25) is 0 Å². The monoisotopic (exact) mass is 275 g/mol. The third-order valence-corrected chi connectivity index (χ3v) is 2.22. The highest BCUT2D eigenvalue weighted by atomic mass is 35.6. The number of carboxylic acid groups (broad SMARTS) is 1. The molecular formula is C8H12Cl3NO3. The fraction of sp³-hybridized carbons (Fsp3) is 0.750. The zero-order chi connectivity index (χ0) is 12.1. The quantitative estimate of drug-likeness (QED) is 0.756. The lowest BCUT2D eigenvalue weighted by Crippen LogP contribution is -2.45. The number of amides is 1. The molecule has 0 rings (SSSR count). The predicted octanol–water partition coefficient (Wildman–Crippen LogP) is 2.12. The first kappa shape index (κ1) is 14.8. The largest absolute Gasteiger partial charge is 0.480 e. The third-order valence-electron chi connectivity index (χ3n) is 1.71. The van der Waals surface area contributed by atoms with Crippen LogP contribution in [0.4, 0.5) is 0 Å². The van der Waals surface area contributed by atoms with Crippen LogP contribution in [0.15, 0.2) is 0 Å². The third kappa shape index (κ3) is 6.07. The van der Waals surface area contributed by atoms with E-state index in [0.717, 1.165) is 6.42 Å². The Morgan fingerprint density at radius 1 is 1.40 bits per heavy atom. The molecule has 0 radical (unpaired) electrons. The average Bonchev–Trinajstić information content (AvgIpc) is 2.09. The van der Waals surface area contributed by atoms with E-state index >= 15 is 0 Å². The number of hydrogen-bond acceptors (Lipinski definition) is 2. The molecule has 2 N–H and O–H groups in total. The fourth-order valence-electron chi connectivity index (χ4n) is 0.906. The van der Waals surface area contributed by atoms with Gasteiger partial charge in [0, 0.05) is 0 Å². The standard InChI is InChI=1S/C8H12Cl3NO3/c1-2-3-4-5(6(13)14)12-7(15)8(9,10)11/h5H,2-4H2,1H3,(H,12,15)(H,13,14). The molecule has 1 atom stereocenters. The molecule has 1 unspecified atom stereocenters. The Morgan fingerprint density at radius 3 is 2.27 bits per heavy atom. The van der Waals surface area contributed by atoms with Crippen molar-refractivity contribution in [1.82, 2.24) is 5.32 Å². The minimum atomic E-state index is -2.13. The van der Waals surface area contributed by atoms with Crippen molar-refractivity contribution in [3.8, 4) is 0 Å². The molecule has 0 bridgehead atoms. The van der Waals surface area contributed by atoms with E-state index in [2.05, 4.69) is 5.32 Å². The van der Waals surface area contributed by atoms with E-state index in [4.69, 9.17) is 39.9 Å². The molecule has 0 fully saturated rings. The molecule has 7 heteroatoms. The second-order valence-electron chi connectivity index (χ2n) is 3.00. The van der Waals surface area contributed by atoms with Gasteiger partial charge in [-0.25, -0.2) is 4.79 Å². The van der Waals surface area contributed by atoms with Crippen molar-refractivity contribution in [3.05, 3.63) is 0 Å². The molecule has 1 amide bonds. The first-order valence-corrected chi connectivity index (χ1v) is 5.53. The summed E-state index contributed by atoms with van der Waals surface area (Å²) in [6.45, 7) is 1.91. The van der Waals surface area contributed by atoms with Gasteiger partial charge in [-0.1, -0.05) is 54.6 Å². The van der Waals surface area contributed by atoms with Gasteiger partial charge in [0.05, 0.1) is 0 Å². The summed E-state index contributed by atoms with van der Waals surface area (Å²) >= 11 is 15.9. The first-order valence-electron chi connectivity index (χ1n) is 4.39. The van der Waals surface area contributed by atoms with Crippen LogP contribution in [0.1, 0.15) is 26.2 Å². The minimum Gasteiger partial charge on any atom is -0.480 e. The Bertz CT molecular complexity index is 240. The maximum absolute atomic E-state index is 11.2. The summed E-state index contributed by atoms with van der Waals surface area (Å²) in [6, 6.07) is -1.01. The van der Waals surface area contributed by atoms with Crippen molar-refractivity contribution in [2.24, 2.45) is 0 Å². The van der Waals surface area contributed by atoms with Gasteiger partial charge in [-0.2, -0.15) is 0 Å². The first-order chi connectivity index (χ1) is 6.79. The van der Waals surface area contributed by atoms with Crippen LogP contribution in [0, 0.1) is 0 Å². The molecule has 0 heterocycles. The Balaban J connectivity index is 4.29. The molecule has 0 saturated heterocycles. The van der Waals surface area contributed by atoms with Crippen LogP contribution in [0.3, 0.4) is 0 Å². The number of carboxylic acids is 1. The number of hydrogen-bond donors (Lipinski definition) is 2. The van der Waals surface area contributed by atoms with Gasteiger partial charge in [0.15, 0.2) is 0 Å². The molecule has 0 aromatic rings. The van der Waals surface area contributed by atoms with E-state index < -0.39 is 21.7 Å². The summed E-state index contributed by atoms with van der Waals surface area (Å²) in [6.07, 6.45) is 1.82. The zero-order valence-electron chi connectivity index (χ0n) is 8.10. The summed E-state index contributed by atoms with van der Waals surface area (Å²) in [5.74, 6) is -2.05. The van der Waals surface area contributed by atoms with Gasteiger partial charge in [-0.15, -0.1) is 0 Å². The summed E-state index contributed by atoms with van der Waals surface area (Å²) in [4.78, 5) is 21.9. The maximum atomic E-state index is 11.2. The Kier molecular flexibility index (Phi) is 6.32. The predicted molar refractivity (Wildman–Crippen MR) is 59.4 cm³/mol. The van der Waals surface area contributed by atoms with Crippen LogP contribution < -0.4 is 5.32 Å². The van der Waals surface area contributed by atoms with Gasteiger partial charge in [-0.05, 0) is 6.42 Å². The van der Waals surface area contributed by atoms with Crippen molar-refractivity contribution >= 4 is 46.7 Å². The number of rotatable bonds is 5. The maximum Gasteiger partial charge on any atom is 0.326 e. The van der Waals surface area contributed by atoms with E-state index in [9.17, 15) is 9.59 Å². The highest BCUT2D eigenvalue weighted by Crippen LogP contribution is 2.26. The molecule has 0 aliphatic heterocycles. The number of carbonyl (C=O) groups is 2. The smallest absolute Gasteiger partial charge is 0.326 e. The number of unbranched alkanes of at least 4 members (excludes halogenated alkanes) is 1. The lowest BCUT2D eigenvalue weighted by Gasteiger charge is -2.17. The lowest BCUT2D eigenvalue weighted by molar-refractivity contribution is -0.141. The van der Waals surface area contributed by atoms with Crippen LogP contribution in [0.5, 0.6) is 0 Å². The SMILES string of the molecule is CCCCC(NC(=O)C(Cl)(Cl)Cl)C(=O)O. The highest BCUT2D eigenvalue weighted by molar-refractivity contribution is 6.76. The average molecular weight is 277 g/mol. The molecule has 0 aliphatic rings. The molecule has 0 aromatic carbocycles. The Labute approximate surface area is 103 Å². The second-order valence-corrected chi connectivity index (χ2v) is 5.29. The number of nitrogens with one attached hydrogen (secondary N) is 1. The van der Waals surface area contributed by atoms with E-state index in [1.165, 1.54) is 0 Å². The van der Waals surface area contributed by atoms with Crippen LogP contribution in [0.25, 0.3) is 0 Å². The number of alkyl halides is 3. The van der Waals surface area contributed by atoms with Gasteiger partial charge in [0.1, 0.15) is 6.04 Å². The molecule has 0 saturated carbocycles. The van der Waals surface area contributed by atoms with Gasteiger partial charge < -0.3 is 10.4 Å².